The van der Waals surface area contributed by atoms with Crippen molar-refractivity contribution in [1.29, 1.82) is 0 Å². The van der Waals surface area contributed by atoms with Crippen LogP contribution in [0.2, 0.25) is 0 Å². The molecule has 3 N–H and O–H groups in total. The monoisotopic (exact) mass is 127 g/mol. The lowest BCUT2D eigenvalue weighted by atomic mass is 10.3. The van der Waals surface area contributed by atoms with Crippen LogP contribution in [0.25, 0.3) is 0 Å². The topological polar surface area (TPSA) is 52.5 Å². The molecular formula is C6H9NO2. The van der Waals surface area contributed by atoms with Crippen LogP contribution >= 0.6 is 0 Å². The van der Waals surface area contributed by atoms with E-state index in [4.69, 9.17) is 10.2 Å². The van der Waals surface area contributed by atoms with Gasteiger partial charge in [-0.2, -0.15) is 0 Å². The highest BCUT2D eigenvalue weighted by atomic mass is 16.5. The number of rotatable bonds is 0. The van der Waals surface area contributed by atoms with Crippen molar-refractivity contribution in [2.24, 2.45) is 0 Å². The summed E-state index contributed by atoms with van der Waals surface area (Å²) in [7, 11) is 0. The van der Waals surface area contributed by atoms with Crippen molar-refractivity contribution in [2.75, 3.05) is 6.54 Å². The zero-order valence-corrected chi connectivity index (χ0v) is 4.91. The summed E-state index contributed by atoms with van der Waals surface area (Å²) in [5.74, 6) is -1.69. The van der Waals surface area contributed by atoms with Gasteiger partial charge in [-0.1, -0.05) is 6.08 Å². The summed E-state index contributed by atoms with van der Waals surface area (Å²) in [6.07, 6.45) is 6.27. The fraction of sp³-hybridized carbons (Fsp3) is 0.333. The Morgan fingerprint density at radius 3 is 2.89 bits per heavy atom. The predicted molar refractivity (Wildman–Crippen MR) is 33.5 cm³/mol. The Labute approximate surface area is 53.3 Å². The Hall–Kier alpha value is -0.800. The molecule has 0 unspecified atom stereocenters. The van der Waals surface area contributed by atoms with E-state index in [2.05, 4.69) is 5.32 Å². The third-order valence-corrected chi connectivity index (χ3v) is 1.05. The lowest BCUT2D eigenvalue weighted by molar-refractivity contribution is -0.112. The standard InChI is InChI=1S/C6H9NO2/c8-6(9)3-1-2-4-7-5-6/h1-4,7-9H,5H2. The maximum atomic E-state index is 8.92. The number of hydrogen-bond acceptors (Lipinski definition) is 3. The van der Waals surface area contributed by atoms with Gasteiger partial charge in [0.25, 0.3) is 0 Å². The summed E-state index contributed by atoms with van der Waals surface area (Å²) >= 11 is 0. The van der Waals surface area contributed by atoms with E-state index in [0.29, 0.717) is 0 Å². The second kappa shape index (κ2) is 2.21. The average molecular weight is 127 g/mol. The van der Waals surface area contributed by atoms with Gasteiger partial charge in [0.15, 0.2) is 0 Å². The van der Waals surface area contributed by atoms with Crippen LogP contribution in [0.15, 0.2) is 24.4 Å². The molecule has 0 aromatic carbocycles. The quantitative estimate of drug-likeness (QED) is 0.379. The average Bonchev–Trinajstić information content (AvgIpc) is 1.92. The van der Waals surface area contributed by atoms with Crippen LogP contribution in [-0.2, 0) is 0 Å². The normalized spacial score (nSPS) is 22.9. The first kappa shape index (κ1) is 6.32. The van der Waals surface area contributed by atoms with Crippen LogP contribution < -0.4 is 5.32 Å². The summed E-state index contributed by atoms with van der Waals surface area (Å²) in [5.41, 5.74) is 0. The minimum absolute atomic E-state index is 0.139. The molecule has 0 aliphatic carbocycles. The Balaban J connectivity index is 2.62. The summed E-state index contributed by atoms with van der Waals surface area (Å²) < 4.78 is 0. The lowest BCUT2D eigenvalue weighted by Gasteiger charge is -2.14. The van der Waals surface area contributed by atoms with E-state index in [1.165, 1.54) is 6.08 Å². The molecule has 9 heavy (non-hydrogen) atoms. The lowest BCUT2D eigenvalue weighted by Crippen LogP contribution is -2.35. The summed E-state index contributed by atoms with van der Waals surface area (Å²) in [4.78, 5) is 0. The zero-order valence-electron chi connectivity index (χ0n) is 4.91. The first-order chi connectivity index (χ1) is 4.21. The van der Waals surface area contributed by atoms with Crippen molar-refractivity contribution >= 4 is 0 Å². The number of hydrogen-bond donors (Lipinski definition) is 3. The molecule has 3 heteroatoms. The van der Waals surface area contributed by atoms with Crippen molar-refractivity contribution in [3.63, 3.8) is 0 Å². The first-order valence-electron chi connectivity index (χ1n) is 2.73. The number of allylic oxidation sites excluding steroid dienone is 2. The molecular weight excluding hydrogens is 118 g/mol. The van der Waals surface area contributed by atoms with Gasteiger partial charge in [0.2, 0.25) is 5.79 Å². The van der Waals surface area contributed by atoms with Crippen LogP contribution in [0.3, 0.4) is 0 Å². The number of nitrogens with one attached hydrogen (secondary N) is 1. The maximum absolute atomic E-state index is 8.92. The Morgan fingerprint density at radius 2 is 2.11 bits per heavy atom. The van der Waals surface area contributed by atoms with E-state index >= 15 is 0 Å². The SMILES string of the molecule is OC1(O)C=CC=CNC1. The van der Waals surface area contributed by atoms with Gasteiger partial charge in [0, 0.05) is 0 Å². The van der Waals surface area contributed by atoms with Gasteiger partial charge in [-0.05, 0) is 18.4 Å². The summed E-state index contributed by atoms with van der Waals surface area (Å²) in [6.45, 7) is 0.139. The number of β-amino-alcohol motifs (C(OH)–C–C–N with tert-alkyl or cyclic N) is 2. The van der Waals surface area contributed by atoms with E-state index < -0.39 is 5.79 Å². The Kier molecular flexibility index (Phi) is 1.55. The largest absolute Gasteiger partial charge is 0.385 e. The molecule has 0 saturated heterocycles. The third-order valence-electron chi connectivity index (χ3n) is 1.05. The highest BCUT2D eigenvalue weighted by Crippen LogP contribution is 2.01. The molecule has 3 nitrogen and oxygen atoms in total. The first-order valence-corrected chi connectivity index (χ1v) is 2.73. The summed E-state index contributed by atoms with van der Waals surface area (Å²) in [5, 5.41) is 20.5. The van der Waals surface area contributed by atoms with E-state index in [1.54, 1.807) is 18.4 Å². The van der Waals surface area contributed by atoms with Crippen molar-refractivity contribution in [3.8, 4) is 0 Å². The highest BCUT2D eigenvalue weighted by Gasteiger charge is 2.17. The molecule has 0 saturated carbocycles. The van der Waals surface area contributed by atoms with Gasteiger partial charge in [0.1, 0.15) is 0 Å². The molecule has 1 aliphatic heterocycles. The Morgan fingerprint density at radius 1 is 1.33 bits per heavy atom. The van der Waals surface area contributed by atoms with E-state index in [1.807, 2.05) is 0 Å². The molecule has 1 heterocycles. The van der Waals surface area contributed by atoms with Crippen molar-refractivity contribution in [2.45, 2.75) is 5.79 Å². The summed E-state index contributed by atoms with van der Waals surface area (Å²) in [6, 6.07) is 0. The molecule has 0 radical (unpaired) electrons. The maximum Gasteiger partial charge on any atom is 0.200 e. The van der Waals surface area contributed by atoms with Gasteiger partial charge in [-0.25, -0.2) is 0 Å². The van der Waals surface area contributed by atoms with E-state index in [9.17, 15) is 0 Å². The van der Waals surface area contributed by atoms with Gasteiger partial charge in [-0.15, -0.1) is 0 Å². The molecule has 0 spiro atoms. The molecule has 0 aromatic heterocycles. The number of aliphatic hydroxyl groups is 2. The smallest absolute Gasteiger partial charge is 0.200 e. The minimum atomic E-state index is -1.69. The molecule has 1 aliphatic rings. The predicted octanol–water partition coefficient (Wildman–Crippen LogP) is -0.660. The van der Waals surface area contributed by atoms with Crippen LogP contribution in [0.5, 0.6) is 0 Å². The van der Waals surface area contributed by atoms with Crippen molar-refractivity contribution in [3.05, 3.63) is 24.4 Å². The molecule has 0 amide bonds. The van der Waals surface area contributed by atoms with Crippen molar-refractivity contribution in [1.82, 2.24) is 5.32 Å². The third kappa shape index (κ3) is 1.87. The second-order valence-electron chi connectivity index (χ2n) is 1.98. The fourth-order valence-corrected chi connectivity index (χ4v) is 0.601. The van der Waals surface area contributed by atoms with Crippen LogP contribution in [0.4, 0.5) is 0 Å². The Bertz CT molecular complexity index is 149. The highest BCUT2D eigenvalue weighted by molar-refractivity contribution is 5.10. The van der Waals surface area contributed by atoms with Gasteiger partial charge < -0.3 is 15.5 Å². The van der Waals surface area contributed by atoms with Crippen LogP contribution in [-0.4, -0.2) is 22.5 Å². The minimum Gasteiger partial charge on any atom is -0.385 e. The van der Waals surface area contributed by atoms with E-state index in [0.717, 1.165) is 0 Å². The molecule has 1 rings (SSSR count). The van der Waals surface area contributed by atoms with Gasteiger partial charge in [0.05, 0.1) is 6.54 Å². The second-order valence-corrected chi connectivity index (χ2v) is 1.98. The van der Waals surface area contributed by atoms with Crippen LogP contribution in [0, 0.1) is 0 Å². The van der Waals surface area contributed by atoms with Crippen LogP contribution in [0.1, 0.15) is 0 Å². The zero-order chi connectivity index (χ0) is 6.74. The fourth-order valence-electron chi connectivity index (χ4n) is 0.601. The molecule has 0 fully saturated rings. The molecule has 0 aromatic rings. The van der Waals surface area contributed by atoms with Crippen molar-refractivity contribution < 1.29 is 10.2 Å². The van der Waals surface area contributed by atoms with Gasteiger partial charge in [-0.3, -0.25) is 0 Å². The molecule has 0 atom stereocenters. The molecule has 50 valence electrons. The van der Waals surface area contributed by atoms with E-state index in [-0.39, 0.29) is 6.54 Å². The molecule has 0 bridgehead atoms. The van der Waals surface area contributed by atoms with Gasteiger partial charge >= 0.3 is 0 Å².